The third kappa shape index (κ3) is 5.06. The van der Waals surface area contributed by atoms with Crippen molar-refractivity contribution in [1.82, 2.24) is 0 Å². The molecule has 1 unspecified atom stereocenters. The lowest BCUT2D eigenvalue weighted by Gasteiger charge is -2.16. The Morgan fingerprint density at radius 1 is 1.38 bits per heavy atom. The minimum atomic E-state index is -1.36. The highest BCUT2D eigenvalue weighted by atomic mass is 80.0. The van der Waals surface area contributed by atoms with Crippen LogP contribution in [0.15, 0.2) is 11.0 Å². The van der Waals surface area contributed by atoms with Gasteiger partial charge >= 0.3 is 0 Å². The van der Waals surface area contributed by atoms with Crippen LogP contribution >= 0.6 is 47.8 Å². The second-order valence-electron chi connectivity index (χ2n) is 2.68. The maximum absolute atomic E-state index is 11.5. The molecule has 0 aromatic carbocycles. The highest BCUT2D eigenvalue weighted by Crippen LogP contribution is 2.37. The van der Waals surface area contributed by atoms with Gasteiger partial charge in [0.15, 0.2) is 11.1 Å². The van der Waals surface area contributed by atoms with Crippen molar-refractivity contribution in [3.8, 4) is 0 Å². The van der Waals surface area contributed by atoms with E-state index in [4.69, 9.17) is 4.18 Å². The molecule has 0 saturated carbocycles. The molecule has 0 aromatic rings. The van der Waals surface area contributed by atoms with Crippen LogP contribution < -0.4 is 0 Å². The van der Waals surface area contributed by atoms with Crippen LogP contribution in [0.2, 0.25) is 0 Å². The summed E-state index contributed by atoms with van der Waals surface area (Å²) in [4.78, 5) is 0.883. The topological polar surface area (TPSA) is 26.3 Å². The van der Waals surface area contributed by atoms with Crippen LogP contribution in [0.25, 0.3) is 0 Å². The molecule has 1 rings (SSSR count). The smallest absolute Gasteiger partial charge is 0.246 e. The van der Waals surface area contributed by atoms with E-state index in [1.165, 1.54) is 6.42 Å². The van der Waals surface area contributed by atoms with Gasteiger partial charge in [0.05, 0.1) is 0 Å². The van der Waals surface area contributed by atoms with Crippen LogP contribution in [0, 0.1) is 0 Å². The van der Waals surface area contributed by atoms with Crippen molar-refractivity contribution in [2.75, 3.05) is 0 Å². The maximum Gasteiger partial charge on any atom is 0.248 e. The summed E-state index contributed by atoms with van der Waals surface area (Å²) in [5.41, 5.74) is 0. The molecule has 1 aliphatic carbocycles. The van der Waals surface area contributed by atoms with Crippen LogP contribution in [-0.2, 0) is 15.3 Å². The fourth-order valence-corrected chi connectivity index (χ4v) is 3.02. The molecule has 0 amide bonds. The number of rotatable bonds is 2. The molecule has 6 heteroatoms. The zero-order valence-corrected chi connectivity index (χ0v) is 12.3. The molecule has 0 spiro atoms. The molecular formula is C7H9Br3O2S. The van der Waals surface area contributed by atoms with Crippen molar-refractivity contribution < 1.29 is 8.39 Å². The van der Waals surface area contributed by atoms with E-state index in [0.29, 0.717) is 0 Å². The predicted molar refractivity (Wildman–Crippen MR) is 65.3 cm³/mol. The fraction of sp³-hybridized carbons (Fsp3) is 0.714. The van der Waals surface area contributed by atoms with Crippen molar-refractivity contribution in [2.24, 2.45) is 0 Å². The van der Waals surface area contributed by atoms with Gasteiger partial charge in [0.25, 0.3) is 0 Å². The quantitative estimate of drug-likeness (QED) is 0.661. The molecule has 0 aromatic heterocycles. The second-order valence-corrected chi connectivity index (χ2v) is 10.4. The van der Waals surface area contributed by atoms with Crippen molar-refractivity contribution in [1.29, 1.82) is 0 Å². The molecule has 1 aliphatic rings. The summed E-state index contributed by atoms with van der Waals surface area (Å²) in [5, 5.41) is 0. The average Bonchev–Trinajstić information content (AvgIpc) is 2.03. The minimum Gasteiger partial charge on any atom is -0.246 e. The summed E-state index contributed by atoms with van der Waals surface area (Å²) in [6, 6.07) is 0. The van der Waals surface area contributed by atoms with E-state index in [1.807, 2.05) is 6.08 Å². The zero-order valence-electron chi connectivity index (χ0n) is 6.76. The third-order valence-electron chi connectivity index (χ3n) is 1.63. The monoisotopic (exact) mass is 394 g/mol. The van der Waals surface area contributed by atoms with Gasteiger partial charge in [0.2, 0.25) is 2.33 Å². The molecule has 0 bridgehead atoms. The van der Waals surface area contributed by atoms with Gasteiger partial charge in [-0.2, -0.15) is 0 Å². The fourth-order valence-electron chi connectivity index (χ4n) is 1.10. The average molecular weight is 397 g/mol. The molecule has 0 heterocycles. The van der Waals surface area contributed by atoms with Crippen molar-refractivity contribution in [2.45, 2.75) is 28.0 Å². The van der Waals surface area contributed by atoms with Crippen LogP contribution in [0.3, 0.4) is 0 Å². The van der Waals surface area contributed by atoms with E-state index >= 15 is 0 Å². The van der Waals surface area contributed by atoms with Crippen LogP contribution in [-0.4, -0.2) is 6.54 Å². The first-order valence-electron chi connectivity index (χ1n) is 3.86. The molecule has 13 heavy (non-hydrogen) atoms. The Hall–Kier alpha value is 1.29. The van der Waals surface area contributed by atoms with Gasteiger partial charge in [-0.05, 0) is 73.5 Å². The van der Waals surface area contributed by atoms with Gasteiger partial charge in [-0.25, -0.2) is 8.39 Å². The normalized spacial score (nSPS) is 21.0. The Kier molecular flexibility index (Phi) is 5.13. The first kappa shape index (κ1) is 12.4. The van der Waals surface area contributed by atoms with Gasteiger partial charge in [-0.15, -0.1) is 0 Å². The lowest BCUT2D eigenvalue weighted by molar-refractivity contribution is 0.391. The van der Waals surface area contributed by atoms with E-state index in [-0.39, 0.29) is 0 Å². The first-order valence-corrected chi connectivity index (χ1v) is 7.31. The Labute approximate surface area is 106 Å². The lowest BCUT2D eigenvalue weighted by Crippen LogP contribution is -2.12. The van der Waals surface area contributed by atoms with Crippen LogP contribution in [0.5, 0.6) is 0 Å². The number of halogens is 3. The van der Waals surface area contributed by atoms with E-state index in [1.54, 1.807) is 0 Å². The number of alkyl halides is 3. The Morgan fingerprint density at radius 3 is 2.54 bits per heavy atom. The van der Waals surface area contributed by atoms with E-state index in [0.717, 1.165) is 24.2 Å². The molecule has 0 fully saturated rings. The molecule has 0 saturated heterocycles. The minimum absolute atomic E-state index is 0.871. The van der Waals surface area contributed by atoms with Crippen molar-refractivity contribution in [3.05, 3.63) is 11.0 Å². The van der Waals surface area contributed by atoms with E-state index < -0.39 is 13.4 Å². The Morgan fingerprint density at radius 2 is 2.08 bits per heavy atom. The zero-order chi connectivity index (χ0) is 9.90. The Bertz CT molecular complexity index is 234. The summed E-state index contributed by atoms with van der Waals surface area (Å²) < 4.78 is 15.8. The number of hydrogen-bond acceptors (Lipinski definition) is 2. The summed E-state index contributed by atoms with van der Waals surface area (Å²) in [6.07, 6.45) is 6.15. The van der Waals surface area contributed by atoms with E-state index in [2.05, 4.69) is 47.8 Å². The number of allylic oxidation sites excluding steroid dienone is 2. The first-order chi connectivity index (χ1) is 5.99. The molecule has 76 valence electrons. The molecule has 2 nitrogen and oxygen atoms in total. The summed E-state index contributed by atoms with van der Waals surface area (Å²) in [5.74, 6) is 0. The van der Waals surface area contributed by atoms with Gasteiger partial charge in [0, 0.05) is 4.91 Å². The third-order valence-corrected chi connectivity index (χ3v) is 3.96. The van der Waals surface area contributed by atoms with Gasteiger partial charge in [0.1, 0.15) is 0 Å². The second kappa shape index (κ2) is 5.39. The summed E-state index contributed by atoms with van der Waals surface area (Å²) in [7, 11) is 0. The summed E-state index contributed by atoms with van der Waals surface area (Å²) >= 11 is 8.05. The van der Waals surface area contributed by atoms with E-state index in [9.17, 15) is 4.21 Å². The van der Waals surface area contributed by atoms with Crippen molar-refractivity contribution in [3.63, 3.8) is 0 Å². The Balaban J connectivity index is 2.52. The lowest BCUT2D eigenvalue weighted by atomic mass is 10.1. The molecule has 1 atom stereocenters. The number of hydrogen-bond donors (Lipinski definition) is 0. The maximum atomic E-state index is 11.5. The van der Waals surface area contributed by atoms with Crippen LogP contribution in [0.1, 0.15) is 25.7 Å². The van der Waals surface area contributed by atoms with Crippen LogP contribution in [0.4, 0.5) is 0 Å². The molecule has 0 radical (unpaired) electrons. The van der Waals surface area contributed by atoms with Gasteiger partial charge in [-0.1, -0.05) is 6.08 Å². The summed E-state index contributed by atoms with van der Waals surface area (Å²) in [6.45, 7) is 0. The predicted octanol–water partition coefficient (Wildman–Crippen LogP) is 3.92. The largest absolute Gasteiger partial charge is 0.248 e. The molecular weight excluding hydrogens is 388 g/mol. The van der Waals surface area contributed by atoms with Gasteiger partial charge in [-0.3, -0.25) is 0 Å². The van der Waals surface area contributed by atoms with Crippen molar-refractivity contribution >= 4 is 58.9 Å². The highest BCUT2D eigenvalue weighted by Gasteiger charge is 2.24. The standard InChI is InChI=1S/C7H9Br3O2S/c8-7(9,10)12-13(11)6-4-2-1-3-5-6/h4H,1-3,5H2. The highest BCUT2D eigenvalue weighted by molar-refractivity contribution is 9.39. The SMILES string of the molecule is O=S(OC(Br)(Br)Br)C1=CCCCC1. The molecule has 0 aliphatic heterocycles. The molecule has 0 N–H and O–H groups in total. The van der Waals surface area contributed by atoms with Gasteiger partial charge < -0.3 is 0 Å².